The van der Waals surface area contributed by atoms with Crippen molar-refractivity contribution in [2.75, 3.05) is 25.5 Å². The van der Waals surface area contributed by atoms with Gasteiger partial charge < -0.3 is 15.0 Å². The highest BCUT2D eigenvalue weighted by atomic mass is 16.5. The molecule has 1 aliphatic heterocycles. The van der Waals surface area contributed by atoms with Crippen molar-refractivity contribution in [3.63, 3.8) is 0 Å². The molecule has 1 heterocycles. The Morgan fingerprint density at radius 3 is 2.78 bits per heavy atom. The fourth-order valence-corrected chi connectivity index (χ4v) is 2.24. The predicted octanol–water partition coefficient (Wildman–Crippen LogP) is 2.12. The van der Waals surface area contributed by atoms with Gasteiger partial charge in [0, 0.05) is 24.8 Å². The summed E-state index contributed by atoms with van der Waals surface area (Å²) >= 11 is 0. The molecule has 1 fully saturated rings. The Morgan fingerprint density at radius 2 is 2.11 bits per heavy atom. The van der Waals surface area contributed by atoms with Crippen LogP contribution in [0.25, 0.3) is 0 Å². The van der Waals surface area contributed by atoms with Gasteiger partial charge in [0.1, 0.15) is 11.8 Å². The normalized spacial score (nSPS) is 16.4. The van der Waals surface area contributed by atoms with Crippen LogP contribution in [0.1, 0.15) is 19.8 Å². The molecule has 0 spiro atoms. The van der Waals surface area contributed by atoms with Crippen molar-refractivity contribution >= 4 is 11.6 Å². The van der Waals surface area contributed by atoms with Gasteiger partial charge in [0.05, 0.1) is 7.11 Å². The minimum absolute atomic E-state index is 0.176. The Hall–Kier alpha value is -1.71. The van der Waals surface area contributed by atoms with Gasteiger partial charge in [0.2, 0.25) is 5.91 Å². The molecule has 1 aromatic carbocycles. The topological polar surface area (TPSA) is 41.6 Å². The molecular weight excluding hydrogens is 228 g/mol. The molecule has 1 amide bonds. The largest absolute Gasteiger partial charge is 0.497 e. The molecule has 1 N–H and O–H groups in total. The van der Waals surface area contributed by atoms with Crippen LogP contribution in [0.2, 0.25) is 0 Å². The number of benzene rings is 1. The van der Waals surface area contributed by atoms with E-state index < -0.39 is 0 Å². The zero-order chi connectivity index (χ0) is 13.0. The van der Waals surface area contributed by atoms with Gasteiger partial charge in [-0.1, -0.05) is 6.07 Å². The summed E-state index contributed by atoms with van der Waals surface area (Å²) in [7, 11) is 1.64. The summed E-state index contributed by atoms with van der Waals surface area (Å²) in [5, 5.41) is 3.22. The maximum Gasteiger partial charge on any atom is 0.244 e. The number of rotatable bonds is 4. The number of hydrogen-bond donors (Lipinski definition) is 1. The SMILES string of the molecule is COc1cccc(NC(C)C(=O)N2CCCC2)c1. The summed E-state index contributed by atoms with van der Waals surface area (Å²) < 4.78 is 5.16. The first-order valence-electron chi connectivity index (χ1n) is 6.40. The number of nitrogens with zero attached hydrogens (tertiary/aromatic N) is 1. The van der Waals surface area contributed by atoms with Crippen LogP contribution in [0.3, 0.4) is 0 Å². The third-order valence-electron chi connectivity index (χ3n) is 3.24. The van der Waals surface area contributed by atoms with Crippen LogP contribution in [0, 0.1) is 0 Å². The fourth-order valence-electron chi connectivity index (χ4n) is 2.24. The third-order valence-corrected chi connectivity index (χ3v) is 3.24. The molecule has 0 aromatic heterocycles. The van der Waals surface area contributed by atoms with Crippen molar-refractivity contribution in [3.05, 3.63) is 24.3 Å². The molecular formula is C14H20N2O2. The van der Waals surface area contributed by atoms with Gasteiger partial charge in [0.15, 0.2) is 0 Å². The van der Waals surface area contributed by atoms with E-state index in [4.69, 9.17) is 4.74 Å². The van der Waals surface area contributed by atoms with Crippen LogP contribution in [0.5, 0.6) is 5.75 Å². The number of ether oxygens (including phenoxy) is 1. The van der Waals surface area contributed by atoms with E-state index in [2.05, 4.69) is 5.32 Å². The van der Waals surface area contributed by atoms with Gasteiger partial charge in [-0.2, -0.15) is 0 Å². The lowest BCUT2D eigenvalue weighted by Gasteiger charge is -2.22. The standard InChI is InChI=1S/C14H20N2O2/c1-11(14(17)16-8-3-4-9-16)15-12-6-5-7-13(10-12)18-2/h5-7,10-11,15H,3-4,8-9H2,1-2H3. The average molecular weight is 248 g/mol. The maximum atomic E-state index is 12.1. The summed E-state index contributed by atoms with van der Waals surface area (Å²) in [4.78, 5) is 14.1. The lowest BCUT2D eigenvalue weighted by Crippen LogP contribution is -2.39. The molecule has 98 valence electrons. The monoisotopic (exact) mass is 248 g/mol. The first-order valence-corrected chi connectivity index (χ1v) is 6.40. The van der Waals surface area contributed by atoms with Gasteiger partial charge in [-0.05, 0) is 31.9 Å². The summed E-state index contributed by atoms with van der Waals surface area (Å²) in [5.74, 6) is 0.969. The van der Waals surface area contributed by atoms with Crippen LogP contribution in [-0.4, -0.2) is 37.0 Å². The van der Waals surface area contributed by atoms with Crippen LogP contribution >= 0.6 is 0 Å². The van der Waals surface area contributed by atoms with Crippen molar-refractivity contribution in [2.24, 2.45) is 0 Å². The summed E-state index contributed by atoms with van der Waals surface area (Å²) in [5.41, 5.74) is 0.911. The molecule has 0 radical (unpaired) electrons. The quantitative estimate of drug-likeness (QED) is 0.887. The number of amides is 1. The molecule has 1 aliphatic rings. The number of methoxy groups -OCH3 is 1. The molecule has 1 atom stereocenters. The number of nitrogens with one attached hydrogen (secondary N) is 1. The highest BCUT2D eigenvalue weighted by Gasteiger charge is 2.22. The summed E-state index contributed by atoms with van der Waals surface area (Å²) in [6.07, 6.45) is 2.25. The summed E-state index contributed by atoms with van der Waals surface area (Å²) in [6.45, 7) is 3.69. The van der Waals surface area contributed by atoms with Crippen molar-refractivity contribution in [1.29, 1.82) is 0 Å². The average Bonchev–Trinajstić information content (AvgIpc) is 2.92. The zero-order valence-corrected chi connectivity index (χ0v) is 11.0. The lowest BCUT2D eigenvalue weighted by molar-refractivity contribution is -0.130. The van der Waals surface area contributed by atoms with E-state index in [-0.39, 0.29) is 11.9 Å². The highest BCUT2D eigenvalue weighted by molar-refractivity contribution is 5.84. The van der Waals surface area contributed by atoms with Crippen molar-refractivity contribution in [2.45, 2.75) is 25.8 Å². The molecule has 4 heteroatoms. The Kier molecular flexibility index (Phi) is 4.07. The molecule has 18 heavy (non-hydrogen) atoms. The molecule has 4 nitrogen and oxygen atoms in total. The Bertz CT molecular complexity index is 414. The first-order chi connectivity index (χ1) is 8.70. The van der Waals surface area contributed by atoms with Crippen LogP contribution < -0.4 is 10.1 Å². The number of anilines is 1. The van der Waals surface area contributed by atoms with Gasteiger partial charge in [-0.25, -0.2) is 0 Å². The molecule has 1 aromatic rings. The van der Waals surface area contributed by atoms with E-state index in [1.54, 1.807) is 7.11 Å². The highest BCUT2D eigenvalue weighted by Crippen LogP contribution is 2.18. The van der Waals surface area contributed by atoms with Crippen molar-refractivity contribution in [3.8, 4) is 5.75 Å². The summed E-state index contributed by atoms with van der Waals surface area (Å²) in [6, 6.07) is 7.44. The van der Waals surface area contributed by atoms with E-state index in [1.807, 2.05) is 36.1 Å². The molecule has 0 aliphatic carbocycles. The van der Waals surface area contributed by atoms with E-state index in [1.165, 1.54) is 0 Å². The van der Waals surface area contributed by atoms with Crippen LogP contribution in [-0.2, 0) is 4.79 Å². The number of likely N-dealkylation sites (tertiary alicyclic amines) is 1. The predicted molar refractivity (Wildman–Crippen MR) is 71.9 cm³/mol. The maximum absolute atomic E-state index is 12.1. The smallest absolute Gasteiger partial charge is 0.244 e. The Morgan fingerprint density at radius 1 is 1.39 bits per heavy atom. The fraction of sp³-hybridized carbons (Fsp3) is 0.500. The number of carbonyl (C=O) groups is 1. The van der Waals surface area contributed by atoms with Gasteiger partial charge >= 0.3 is 0 Å². The van der Waals surface area contributed by atoms with Gasteiger partial charge in [-0.3, -0.25) is 4.79 Å². The Balaban J connectivity index is 1.97. The molecule has 2 rings (SSSR count). The van der Waals surface area contributed by atoms with E-state index in [0.29, 0.717) is 0 Å². The van der Waals surface area contributed by atoms with E-state index in [0.717, 1.165) is 37.4 Å². The first kappa shape index (κ1) is 12.7. The number of carbonyl (C=O) groups excluding carboxylic acids is 1. The minimum Gasteiger partial charge on any atom is -0.497 e. The van der Waals surface area contributed by atoms with Gasteiger partial charge in [0.25, 0.3) is 0 Å². The number of hydrogen-bond acceptors (Lipinski definition) is 3. The van der Waals surface area contributed by atoms with Crippen molar-refractivity contribution < 1.29 is 9.53 Å². The zero-order valence-electron chi connectivity index (χ0n) is 11.0. The van der Waals surface area contributed by atoms with Crippen molar-refractivity contribution in [1.82, 2.24) is 4.90 Å². The van der Waals surface area contributed by atoms with Crippen LogP contribution in [0.4, 0.5) is 5.69 Å². The molecule has 1 saturated heterocycles. The second-order valence-corrected chi connectivity index (χ2v) is 4.63. The molecule has 1 unspecified atom stereocenters. The van der Waals surface area contributed by atoms with E-state index in [9.17, 15) is 4.79 Å². The van der Waals surface area contributed by atoms with Crippen LogP contribution in [0.15, 0.2) is 24.3 Å². The Labute approximate surface area is 108 Å². The second kappa shape index (κ2) is 5.76. The minimum atomic E-state index is -0.199. The van der Waals surface area contributed by atoms with Gasteiger partial charge in [-0.15, -0.1) is 0 Å². The third kappa shape index (κ3) is 2.94. The molecule has 0 saturated carbocycles. The second-order valence-electron chi connectivity index (χ2n) is 4.63. The van der Waals surface area contributed by atoms with E-state index >= 15 is 0 Å². The lowest BCUT2D eigenvalue weighted by atomic mass is 10.2. The molecule has 0 bridgehead atoms.